The van der Waals surface area contributed by atoms with Gasteiger partial charge in [-0.05, 0) is 0 Å². The van der Waals surface area contributed by atoms with Crippen molar-refractivity contribution < 1.29 is 19.4 Å². The normalized spacial score (nSPS) is 7.86. The van der Waals surface area contributed by atoms with Gasteiger partial charge in [-0.25, -0.2) is 0 Å². The Morgan fingerprint density at radius 2 is 1.64 bits per heavy atom. The van der Waals surface area contributed by atoms with Crippen LogP contribution in [0.5, 0.6) is 0 Å². The van der Waals surface area contributed by atoms with Gasteiger partial charge in [-0.1, -0.05) is 18.7 Å². The number of carboxylic acid groups (broad SMARTS) is 1. The van der Waals surface area contributed by atoms with Crippen molar-refractivity contribution in [2.24, 2.45) is 5.92 Å². The highest BCUT2D eigenvalue weighted by Crippen LogP contribution is 2.01. The second kappa shape index (κ2) is 9.25. The van der Waals surface area contributed by atoms with Crippen LogP contribution in [0.15, 0.2) is 38.2 Å². The van der Waals surface area contributed by atoms with Gasteiger partial charge >= 0.3 is 5.97 Å². The van der Waals surface area contributed by atoms with E-state index >= 15 is 0 Å². The zero-order valence-electron chi connectivity index (χ0n) is 8.10. The minimum absolute atomic E-state index is 0.403. The Morgan fingerprint density at radius 3 is 1.86 bits per heavy atom. The molecule has 0 spiro atoms. The lowest BCUT2D eigenvalue weighted by Crippen LogP contribution is -2.09. The molecule has 0 aromatic heterocycles. The molecule has 0 saturated heterocycles. The van der Waals surface area contributed by atoms with Crippen LogP contribution in [-0.2, 0) is 14.3 Å². The number of hydrogen-bond acceptors (Lipinski definition) is 3. The summed E-state index contributed by atoms with van der Waals surface area (Å²) < 4.78 is 4.47. The van der Waals surface area contributed by atoms with Crippen LogP contribution in [0.1, 0.15) is 6.92 Å². The van der Waals surface area contributed by atoms with E-state index in [1.165, 1.54) is 12.2 Å². The predicted molar refractivity (Wildman–Crippen MR) is 53.5 cm³/mol. The van der Waals surface area contributed by atoms with Crippen molar-refractivity contribution in [2.45, 2.75) is 6.92 Å². The lowest BCUT2D eigenvalue weighted by molar-refractivity contribution is -0.139. The lowest BCUT2D eigenvalue weighted by atomic mass is 10.1. The molecule has 0 aromatic carbocycles. The van der Waals surface area contributed by atoms with Crippen LogP contribution in [0.3, 0.4) is 0 Å². The van der Waals surface area contributed by atoms with Gasteiger partial charge in [0.05, 0.1) is 12.2 Å². The first kappa shape index (κ1) is 14.7. The largest absolute Gasteiger partial charge is 0.481 e. The standard InChI is InChI=1S/C8H10O2.C2H4O2/c1-4-7(5-2)8(9)10-6-3;1-2(3)4/h4-7H,1-3H2;1H3,(H,3,4). The molecule has 0 saturated carbocycles. The fourth-order valence-electron chi connectivity index (χ4n) is 0.449. The molecule has 0 unspecified atom stereocenters. The topological polar surface area (TPSA) is 63.6 Å². The molecule has 1 N–H and O–H groups in total. The van der Waals surface area contributed by atoms with Gasteiger partial charge in [0.1, 0.15) is 0 Å². The van der Waals surface area contributed by atoms with Crippen molar-refractivity contribution in [3.05, 3.63) is 38.2 Å². The monoisotopic (exact) mass is 198 g/mol. The van der Waals surface area contributed by atoms with E-state index < -0.39 is 17.9 Å². The van der Waals surface area contributed by atoms with Crippen LogP contribution < -0.4 is 0 Å². The van der Waals surface area contributed by atoms with Crippen molar-refractivity contribution in [1.82, 2.24) is 0 Å². The van der Waals surface area contributed by atoms with Crippen LogP contribution in [0.2, 0.25) is 0 Å². The Bertz CT molecular complexity index is 218. The molecular weight excluding hydrogens is 184 g/mol. The smallest absolute Gasteiger partial charge is 0.321 e. The molecule has 14 heavy (non-hydrogen) atoms. The average molecular weight is 198 g/mol. The molecule has 0 fully saturated rings. The first-order chi connectivity index (χ1) is 6.49. The van der Waals surface area contributed by atoms with Gasteiger partial charge in [0.2, 0.25) is 0 Å². The summed E-state index contributed by atoms with van der Waals surface area (Å²) in [6.45, 7) is 11.2. The van der Waals surface area contributed by atoms with Crippen molar-refractivity contribution >= 4 is 11.9 Å². The molecule has 0 aliphatic heterocycles. The van der Waals surface area contributed by atoms with E-state index in [-0.39, 0.29) is 0 Å². The summed E-state index contributed by atoms with van der Waals surface area (Å²) in [6, 6.07) is 0. The zero-order chi connectivity index (χ0) is 11.6. The molecule has 0 atom stereocenters. The summed E-state index contributed by atoms with van der Waals surface area (Å²) in [5.41, 5.74) is 0. The lowest BCUT2D eigenvalue weighted by Gasteiger charge is -2.01. The number of carboxylic acids is 1. The highest BCUT2D eigenvalue weighted by molar-refractivity contribution is 5.76. The molecule has 4 nitrogen and oxygen atoms in total. The first-order valence-corrected chi connectivity index (χ1v) is 3.75. The van der Waals surface area contributed by atoms with Crippen LogP contribution in [0, 0.1) is 5.92 Å². The number of hydrogen-bond donors (Lipinski definition) is 1. The van der Waals surface area contributed by atoms with Gasteiger partial charge in [-0.3, -0.25) is 9.59 Å². The van der Waals surface area contributed by atoms with Gasteiger partial charge in [0, 0.05) is 6.92 Å². The Labute approximate surface area is 83.2 Å². The van der Waals surface area contributed by atoms with Crippen molar-refractivity contribution in [3.63, 3.8) is 0 Å². The quantitative estimate of drug-likeness (QED) is 0.424. The summed E-state index contributed by atoms with van der Waals surface area (Å²) >= 11 is 0. The maximum absolute atomic E-state index is 10.8. The van der Waals surface area contributed by atoms with E-state index in [2.05, 4.69) is 24.5 Å². The van der Waals surface area contributed by atoms with Crippen LogP contribution in [0.25, 0.3) is 0 Å². The van der Waals surface area contributed by atoms with E-state index in [1.54, 1.807) is 0 Å². The highest BCUT2D eigenvalue weighted by Gasteiger charge is 2.09. The predicted octanol–water partition coefficient (Wildman–Crippen LogP) is 1.75. The van der Waals surface area contributed by atoms with Gasteiger partial charge in [0.15, 0.2) is 0 Å². The molecule has 0 heterocycles. The summed E-state index contributed by atoms with van der Waals surface area (Å²) in [4.78, 5) is 19.8. The number of carbonyl (C=O) groups excluding carboxylic acids is 1. The Balaban J connectivity index is 0. The van der Waals surface area contributed by atoms with Crippen LogP contribution >= 0.6 is 0 Å². The number of aliphatic carboxylic acids is 1. The van der Waals surface area contributed by atoms with Gasteiger partial charge < -0.3 is 9.84 Å². The minimum atomic E-state index is -0.833. The van der Waals surface area contributed by atoms with Crippen molar-refractivity contribution in [2.75, 3.05) is 0 Å². The zero-order valence-corrected chi connectivity index (χ0v) is 8.10. The Hall–Kier alpha value is -1.84. The van der Waals surface area contributed by atoms with E-state index in [9.17, 15) is 4.79 Å². The van der Waals surface area contributed by atoms with E-state index in [0.717, 1.165) is 13.2 Å². The van der Waals surface area contributed by atoms with Crippen molar-refractivity contribution in [3.8, 4) is 0 Å². The second-order valence-corrected chi connectivity index (χ2v) is 2.12. The van der Waals surface area contributed by atoms with E-state index in [0.29, 0.717) is 0 Å². The third-order valence-electron chi connectivity index (χ3n) is 0.980. The maximum Gasteiger partial charge on any atom is 0.321 e. The van der Waals surface area contributed by atoms with Gasteiger partial charge in [-0.15, -0.1) is 13.2 Å². The molecule has 4 heteroatoms. The molecule has 0 bridgehead atoms. The molecule has 0 aliphatic rings. The maximum atomic E-state index is 10.8. The summed E-state index contributed by atoms with van der Waals surface area (Å²) in [5.74, 6) is -1.67. The number of esters is 1. The Kier molecular flexibility index (Phi) is 9.69. The second-order valence-electron chi connectivity index (χ2n) is 2.12. The summed E-state index contributed by atoms with van der Waals surface area (Å²) in [7, 11) is 0. The molecule has 0 radical (unpaired) electrons. The molecule has 0 aliphatic carbocycles. The molecule has 78 valence electrons. The third kappa shape index (κ3) is 10.2. The number of rotatable bonds is 4. The number of carbonyl (C=O) groups is 2. The first-order valence-electron chi connectivity index (χ1n) is 3.75. The summed E-state index contributed by atoms with van der Waals surface area (Å²) in [6.07, 6.45) is 4.00. The van der Waals surface area contributed by atoms with E-state index in [1.807, 2.05) is 0 Å². The summed E-state index contributed by atoms with van der Waals surface area (Å²) in [5, 5.41) is 7.42. The van der Waals surface area contributed by atoms with Gasteiger partial charge in [-0.2, -0.15) is 0 Å². The molecule has 0 aromatic rings. The molecular formula is C10H14O4. The fourth-order valence-corrected chi connectivity index (χ4v) is 0.449. The van der Waals surface area contributed by atoms with Crippen molar-refractivity contribution in [1.29, 1.82) is 0 Å². The van der Waals surface area contributed by atoms with Crippen LogP contribution in [-0.4, -0.2) is 17.0 Å². The SMILES string of the molecule is C=COC(=O)C(C=C)C=C.CC(=O)O. The third-order valence-corrected chi connectivity index (χ3v) is 0.980. The molecule has 0 amide bonds. The fraction of sp³-hybridized carbons (Fsp3) is 0.200. The Morgan fingerprint density at radius 1 is 1.29 bits per heavy atom. The highest BCUT2D eigenvalue weighted by atomic mass is 16.5. The minimum Gasteiger partial charge on any atom is -0.481 e. The van der Waals surface area contributed by atoms with Gasteiger partial charge in [0.25, 0.3) is 5.97 Å². The number of ether oxygens (including phenoxy) is 1. The van der Waals surface area contributed by atoms with E-state index in [4.69, 9.17) is 9.90 Å². The average Bonchev–Trinajstić information content (AvgIpc) is 2.06. The van der Waals surface area contributed by atoms with Crippen LogP contribution in [0.4, 0.5) is 0 Å². The molecule has 0 rings (SSSR count).